The van der Waals surface area contributed by atoms with Crippen LogP contribution >= 0.6 is 0 Å². The second-order valence-corrected chi connectivity index (χ2v) is 3.49. The van der Waals surface area contributed by atoms with Crippen molar-refractivity contribution in [3.05, 3.63) is 35.6 Å². The zero-order chi connectivity index (χ0) is 12.0. The molecule has 0 fully saturated rings. The van der Waals surface area contributed by atoms with Crippen LogP contribution in [0.5, 0.6) is 0 Å². The van der Waals surface area contributed by atoms with Gasteiger partial charge in [-0.15, -0.1) is 0 Å². The van der Waals surface area contributed by atoms with Crippen LogP contribution in [-0.2, 0) is 9.53 Å². The molecule has 3 nitrogen and oxygen atoms in total. The van der Waals surface area contributed by atoms with Gasteiger partial charge in [-0.25, -0.2) is 4.39 Å². The molecule has 1 unspecified atom stereocenters. The molecule has 16 heavy (non-hydrogen) atoms. The van der Waals surface area contributed by atoms with Crippen molar-refractivity contribution < 1.29 is 19.0 Å². The molecule has 0 saturated carbocycles. The van der Waals surface area contributed by atoms with Gasteiger partial charge in [0.15, 0.2) is 0 Å². The molecule has 0 saturated heterocycles. The van der Waals surface area contributed by atoms with Crippen LogP contribution in [0.15, 0.2) is 24.3 Å². The average Bonchev–Trinajstić information content (AvgIpc) is 2.27. The summed E-state index contributed by atoms with van der Waals surface area (Å²) >= 11 is 0. The summed E-state index contributed by atoms with van der Waals surface area (Å²) in [5.41, 5.74) is 0.509. The molecule has 1 N–H and O–H groups in total. The van der Waals surface area contributed by atoms with Gasteiger partial charge in [-0.2, -0.15) is 0 Å². The van der Waals surface area contributed by atoms with Crippen molar-refractivity contribution in [2.45, 2.75) is 25.9 Å². The number of aliphatic hydroxyl groups excluding tert-OH is 1. The number of hydrogen-bond donors (Lipinski definition) is 1. The van der Waals surface area contributed by atoms with Crippen LogP contribution in [0, 0.1) is 5.82 Å². The van der Waals surface area contributed by atoms with Gasteiger partial charge in [-0.05, 0) is 24.1 Å². The lowest BCUT2D eigenvalue weighted by Gasteiger charge is -2.10. The summed E-state index contributed by atoms with van der Waals surface area (Å²) in [6.07, 6.45) is -0.297. The van der Waals surface area contributed by atoms with Gasteiger partial charge < -0.3 is 9.84 Å². The van der Waals surface area contributed by atoms with E-state index >= 15 is 0 Å². The van der Waals surface area contributed by atoms with Crippen LogP contribution in [-0.4, -0.2) is 17.7 Å². The monoisotopic (exact) mass is 226 g/mol. The SMILES string of the molecule is CCCOC(=O)CC(O)c1ccc(F)cc1. The average molecular weight is 226 g/mol. The molecule has 1 atom stereocenters. The number of halogens is 1. The standard InChI is InChI=1S/C12H15FO3/c1-2-7-16-12(15)8-11(14)9-3-5-10(13)6-4-9/h3-6,11,14H,2,7-8H2,1H3. The molecule has 88 valence electrons. The van der Waals surface area contributed by atoms with E-state index in [9.17, 15) is 14.3 Å². The van der Waals surface area contributed by atoms with Crippen molar-refractivity contribution in [1.29, 1.82) is 0 Å². The van der Waals surface area contributed by atoms with Gasteiger partial charge in [0.25, 0.3) is 0 Å². The maximum Gasteiger partial charge on any atom is 0.308 e. The van der Waals surface area contributed by atoms with Crippen LogP contribution < -0.4 is 0 Å². The van der Waals surface area contributed by atoms with Crippen molar-refractivity contribution >= 4 is 5.97 Å². The van der Waals surface area contributed by atoms with E-state index in [1.54, 1.807) is 0 Å². The molecule has 1 rings (SSSR count). The van der Waals surface area contributed by atoms with E-state index in [0.717, 1.165) is 6.42 Å². The highest BCUT2D eigenvalue weighted by Gasteiger charge is 2.13. The number of aliphatic hydroxyl groups is 1. The molecule has 0 aromatic heterocycles. The van der Waals surface area contributed by atoms with Crippen molar-refractivity contribution in [2.75, 3.05) is 6.61 Å². The van der Waals surface area contributed by atoms with Crippen LogP contribution in [0.3, 0.4) is 0 Å². The van der Waals surface area contributed by atoms with Gasteiger partial charge in [0.2, 0.25) is 0 Å². The number of benzene rings is 1. The van der Waals surface area contributed by atoms with E-state index in [2.05, 4.69) is 0 Å². The van der Waals surface area contributed by atoms with Gasteiger partial charge in [-0.1, -0.05) is 19.1 Å². The van der Waals surface area contributed by atoms with Gasteiger partial charge in [0.05, 0.1) is 19.1 Å². The molecule has 0 aliphatic heterocycles. The predicted molar refractivity (Wildman–Crippen MR) is 57.2 cm³/mol. The van der Waals surface area contributed by atoms with Gasteiger partial charge in [0, 0.05) is 0 Å². The minimum atomic E-state index is -0.940. The number of hydrogen-bond acceptors (Lipinski definition) is 3. The molecule has 1 aromatic rings. The fourth-order valence-corrected chi connectivity index (χ4v) is 1.24. The quantitative estimate of drug-likeness (QED) is 0.783. The van der Waals surface area contributed by atoms with Crippen LogP contribution in [0.2, 0.25) is 0 Å². The lowest BCUT2D eigenvalue weighted by Crippen LogP contribution is -2.10. The molecule has 1 aromatic carbocycles. The lowest BCUT2D eigenvalue weighted by molar-refractivity contribution is -0.146. The zero-order valence-corrected chi connectivity index (χ0v) is 9.15. The fourth-order valence-electron chi connectivity index (χ4n) is 1.24. The minimum Gasteiger partial charge on any atom is -0.466 e. The van der Waals surface area contributed by atoms with E-state index in [4.69, 9.17) is 4.74 Å². The smallest absolute Gasteiger partial charge is 0.308 e. The Kier molecular flexibility index (Phi) is 4.92. The molecular formula is C12H15FO3. The third kappa shape index (κ3) is 3.98. The molecule has 0 spiro atoms. The largest absolute Gasteiger partial charge is 0.466 e. The van der Waals surface area contributed by atoms with Gasteiger partial charge >= 0.3 is 5.97 Å². The number of esters is 1. The first-order chi connectivity index (χ1) is 7.63. The molecule has 0 aliphatic rings. The summed E-state index contributed by atoms with van der Waals surface area (Å²) < 4.78 is 17.4. The highest BCUT2D eigenvalue weighted by atomic mass is 19.1. The van der Waals surface area contributed by atoms with Gasteiger partial charge in [-0.3, -0.25) is 4.79 Å². The van der Waals surface area contributed by atoms with E-state index in [1.165, 1.54) is 24.3 Å². The highest BCUT2D eigenvalue weighted by Crippen LogP contribution is 2.17. The van der Waals surface area contributed by atoms with Crippen LogP contribution in [0.25, 0.3) is 0 Å². The zero-order valence-electron chi connectivity index (χ0n) is 9.15. The molecular weight excluding hydrogens is 211 g/mol. The summed E-state index contributed by atoms with van der Waals surface area (Å²) in [6.45, 7) is 2.25. The minimum absolute atomic E-state index is 0.106. The Bertz CT molecular complexity index is 335. The van der Waals surface area contributed by atoms with Crippen molar-refractivity contribution in [3.8, 4) is 0 Å². The Morgan fingerprint density at radius 2 is 2.06 bits per heavy atom. The molecule has 0 radical (unpaired) electrons. The fraction of sp³-hybridized carbons (Fsp3) is 0.417. The summed E-state index contributed by atoms with van der Waals surface area (Å²) in [7, 11) is 0. The van der Waals surface area contributed by atoms with Crippen molar-refractivity contribution in [1.82, 2.24) is 0 Å². The number of ether oxygens (including phenoxy) is 1. The summed E-state index contributed by atoms with van der Waals surface area (Å²) in [5, 5.41) is 9.66. The van der Waals surface area contributed by atoms with E-state index in [-0.39, 0.29) is 12.2 Å². The van der Waals surface area contributed by atoms with Crippen LogP contribution in [0.1, 0.15) is 31.4 Å². The first-order valence-electron chi connectivity index (χ1n) is 5.22. The van der Waals surface area contributed by atoms with Gasteiger partial charge in [0.1, 0.15) is 5.82 Å². The Morgan fingerprint density at radius 3 is 2.62 bits per heavy atom. The Balaban J connectivity index is 2.48. The van der Waals surface area contributed by atoms with E-state index in [1.807, 2.05) is 6.92 Å². The second kappa shape index (κ2) is 6.23. The summed E-state index contributed by atoms with van der Waals surface area (Å²) in [6, 6.07) is 5.39. The molecule has 0 aliphatic carbocycles. The first-order valence-corrected chi connectivity index (χ1v) is 5.22. The third-order valence-electron chi connectivity index (χ3n) is 2.08. The molecule has 0 heterocycles. The second-order valence-electron chi connectivity index (χ2n) is 3.49. The topological polar surface area (TPSA) is 46.5 Å². The van der Waals surface area contributed by atoms with Crippen molar-refractivity contribution in [2.24, 2.45) is 0 Å². The van der Waals surface area contributed by atoms with E-state index in [0.29, 0.717) is 12.2 Å². The third-order valence-corrected chi connectivity index (χ3v) is 2.08. The number of carbonyl (C=O) groups is 1. The van der Waals surface area contributed by atoms with E-state index < -0.39 is 12.1 Å². The normalized spacial score (nSPS) is 12.2. The summed E-state index contributed by atoms with van der Waals surface area (Å²) in [4.78, 5) is 11.2. The van der Waals surface area contributed by atoms with Crippen molar-refractivity contribution in [3.63, 3.8) is 0 Å². The Morgan fingerprint density at radius 1 is 1.44 bits per heavy atom. The Labute approximate surface area is 93.9 Å². The molecule has 0 amide bonds. The highest BCUT2D eigenvalue weighted by molar-refractivity contribution is 5.70. The molecule has 4 heteroatoms. The number of rotatable bonds is 5. The maximum absolute atomic E-state index is 12.6. The summed E-state index contributed by atoms with van der Waals surface area (Å²) in [5.74, 6) is -0.816. The number of carbonyl (C=O) groups excluding carboxylic acids is 1. The van der Waals surface area contributed by atoms with Crippen LogP contribution in [0.4, 0.5) is 4.39 Å². The first kappa shape index (κ1) is 12.6. The predicted octanol–water partition coefficient (Wildman–Crippen LogP) is 2.20. The maximum atomic E-state index is 12.6. The lowest BCUT2D eigenvalue weighted by atomic mass is 10.1. The molecule has 0 bridgehead atoms. The Hall–Kier alpha value is -1.42.